The molecular weight excluding hydrogens is 529 g/mol. The van der Waals surface area contributed by atoms with E-state index in [1.54, 1.807) is 18.4 Å². The first-order valence-electron chi connectivity index (χ1n) is 10.3. The lowest BCUT2D eigenvalue weighted by atomic mass is 10.2. The summed E-state index contributed by atoms with van der Waals surface area (Å²) >= 11 is 0. The zero-order chi connectivity index (χ0) is 21.4. The minimum atomic E-state index is -3.35. The fraction of sp³-hybridized carbons (Fsp3) is 0.476. The number of furan rings is 1. The monoisotopic (exact) mass is 561 g/mol. The molecule has 1 aromatic carbocycles. The lowest BCUT2D eigenvalue weighted by molar-refractivity contribution is 0.215. The molecule has 172 valence electrons. The summed E-state index contributed by atoms with van der Waals surface area (Å²) in [5.74, 6) is 1.63. The van der Waals surface area contributed by atoms with Gasteiger partial charge in [0, 0.05) is 13.1 Å². The van der Waals surface area contributed by atoms with Crippen molar-refractivity contribution < 1.29 is 12.8 Å². The van der Waals surface area contributed by atoms with Gasteiger partial charge in [0.15, 0.2) is 5.96 Å². The van der Waals surface area contributed by atoms with Crippen LogP contribution in [-0.2, 0) is 16.6 Å². The fourth-order valence-corrected chi connectivity index (χ4v) is 4.20. The Morgan fingerprint density at radius 3 is 2.55 bits per heavy atom. The second-order valence-corrected chi connectivity index (χ2v) is 9.13. The molecule has 8 nitrogen and oxygen atoms in total. The third-order valence-electron chi connectivity index (χ3n) is 4.98. The number of guanidine groups is 1. The SMILES string of the molecule is CCNC(=NCc1ccccc1NS(C)(=O)=O)NCC(c1ccco1)N1CCCC1.I. The van der Waals surface area contributed by atoms with Gasteiger partial charge in [-0.2, -0.15) is 0 Å². The van der Waals surface area contributed by atoms with Gasteiger partial charge in [0.05, 0.1) is 30.8 Å². The van der Waals surface area contributed by atoms with Crippen LogP contribution in [-0.4, -0.2) is 51.7 Å². The Bertz CT molecular complexity index is 928. The topological polar surface area (TPSA) is 99.0 Å². The summed E-state index contributed by atoms with van der Waals surface area (Å²) in [6.45, 7) is 5.88. The fourth-order valence-electron chi connectivity index (χ4n) is 3.60. The Morgan fingerprint density at radius 1 is 1.16 bits per heavy atom. The van der Waals surface area contributed by atoms with Crippen LogP contribution in [0.3, 0.4) is 0 Å². The molecule has 1 aromatic heterocycles. The highest BCUT2D eigenvalue weighted by atomic mass is 127. The number of para-hydroxylation sites is 1. The van der Waals surface area contributed by atoms with Crippen LogP contribution in [0.1, 0.15) is 37.1 Å². The number of sulfonamides is 1. The molecule has 0 spiro atoms. The molecular formula is C21H32IN5O3S. The van der Waals surface area contributed by atoms with Crippen molar-refractivity contribution >= 4 is 45.6 Å². The molecule has 2 aromatic rings. The first kappa shape index (κ1) is 25.5. The molecule has 0 bridgehead atoms. The van der Waals surface area contributed by atoms with Crippen molar-refractivity contribution in [3.8, 4) is 0 Å². The predicted molar refractivity (Wildman–Crippen MR) is 135 cm³/mol. The summed E-state index contributed by atoms with van der Waals surface area (Å²) in [6, 6.07) is 11.4. The average molecular weight is 561 g/mol. The molecule has 1 aliphatic rings. The van der Waals surface area contributed by atoms with Crippen molar-refractivity contribution in [2.75, 3.05) is 37.2 Å². The summed E-state index contributed by atoms with van der Waals surface area (Å²) in [5.41, 5.74) is 1.35. The van der Waals surface area contributed by atoms with Gasteiger partial charge >= 0.3 is 0 Å². The second kappa shape index (κ2) is 12.3. The molecule has 1 saturated heterocycles. The van der Waals surface area contributed by atoms with Crippen LogP contribution >= 0.6 is 24.0 Å². The normalized spacial score (nSPS) is 15.9. The van der Waals surface area contributed by atoms with Crippen LogP contribution in [0.4, 0.5) is 5.69 Å². The average Bonchev–Trinajstić information content (AvgIpc) is 3.41. The molecule has 31 heavy (non-hydrogen) atoms. The Labute approximate surface area is 202 Å². The second-order valence-electron chi connectivity index (χ2n) is 7.38. The van der Waals surface area contributed by atoms with Crippen molar-refractivity contribution in [3.05, 3.63) is 54.0 Å². The van der Waals surface area contributed by atoms with Crippen molar-refractivity contribution in [2.24, 2.45) is 4.99 Å². The number of anilines is 1. The molecule has 0 saturated carbocycles. The van der Waals surface area contributed by atoms with Crippen LogP contribution < -0.4 is 15.4 Å². The summed E-state index contributed by atoms with van der Waals surface area (Å²) in [6.07, 6.45) is 5.26. The number of benzene rings is 1. The molecule has 10 heteroatoms. The Hall–Kier alpha value is -1.79. The summed E-state index contributed by atoms with van der Waals surface area (Å²) in [4.78, 5) is 7.10. The van der Waals surface area contributed by atoms with E-state index in [2.05, 4.69) is 25.2 Å². The molecule has 1 fully saturated rings. The van der Waals surface area contributed by atoms with Gasteiger partial charge in [-0.1, -0.05) is 18.2 Å². The maximum Gasteiger partial charge on any atom is 0.229 e. The maximum atomic E-state index is 11.6. The third kappa shape index (κ3) is 8.00. The van der Waals surface area contributed by atoms with Crippen LogP contribution in [0.5, 0.6) is 0 Å². The highest BCUT2D eigenvalue weighted by Crippen LogP contribution is 2.25. The molecule has 3 N–H and O–H groups in total. The van der Waals surface area contributed by atoms with Gasteiger partial charge in [-0.25, -0.2) is 13.4 Å². The van der Waals surface area contributed by atoms with Crippen molar-refractivity contribution in [2.45, 2.75) is 32.4 Å². The van der Waals surface area contributed by atoms with Crippen LogP contribution in [0.15, 0.2) is 52.1 Å². The van der Waals surface area contributed by atoms with E-state index in [9.17, 15) is 8.42 Å². The highest BCUT2D eigenvalue weighted by molar-refractivity contribution is 14.0. The molecule has 0 radical (unpaired) electrons. The molecule has 0 aliphatic carbocycles. The first-order chi connectivity index (χ1) is 14.5. The minimum absolute atomic E-state index is 0. The van der Waals surface area contributed by atoms with Crippen LogP contribution in [0.2, 0.25) is 0 Å². The van der Waals surface area contributed by atoms with Crippen LogP contribution in [0.25, 0.3) is 0 Å². The van der Waals surface area contributed by atoms with E-state index in [0.717, 1.165) is 37.2 Å². The molecule has 2 heterocycles. The van der Waals surface area contributed by atoms with E-state index in [-0.39, 0.29) is 30.0 Å². The minimum Gasteiger partial charge on any atom is -0.468 e. The van der Waals surface area contributed by atoms with Gasteiger partial charge in [0.2, 0.25) is 10.0 Å². The zero-order valence-corrected chi connectivity index (χ0v) is 21.2. The van der Waals surface area contributed by atoms with E-state index < -0.39 is 10.0 Å². The van der Waals surface area contributed by atoms with Crippen molar-refractivity contribution in [3.63, 3.8) is 0 Å². The van der Waals surface area contributed by atoms with Gasteiger partial charge in [-0.15, -0.1) is 24.0 Å². The predicted octanol–water partition coefficient (Wildman–Crippen LogP) is 3.16. The Balaban J connectivity index is 0.00000341. The first-order valence-corrected chi connectivity index (χ1v) is 12.2. The standard InChI is InChI=1S/C21H31N5O3S.HI/c1-3-22-21(23-15-17-9-4-5-10-18(17)25-30(2,27)28)24-16-19(20-11-8-14-29-20)26-12-6-7-13-26;/h4-5,8-11,14,19,25H,3,6-7,12-13,15-16H2,1-2H3,(H2,22,23,24);1H. The molecule has 0 amide bonds. The van der Waals surface area contributed by atoms with E-state index in [1.807, 2.05) is 31.2 Å². The number of aliphatic imine (C=N–C) groups is 1. The van der Waals surface area contributed by atoms with Gasteiger partial charge in [0.1, 0.15) is 5.76 Å². The number of nitrogens with one attached hydrogen (secondary N) is 3. The van der Waals surface area contributed by atoms with Crippen molar-refractivity contribution in [1.82, 2.24) is 15.5 Å². The summed E-state index contributed by atoms with van der Waals surface area (Å²) in [7, 11) is -3.35. The van der Waals surface area contributed by atoms with E-state index in [0.29, 0.717) is 24.7 Å². The Morgan fingerprint density at radius 2 is 1.90 bits per heavy atom. The number of rotatable bonds is 9. The summed E-state index contributed by atoms with van der Waals surface area (Å²) < 4.78 is 31.5. The molecule has 3 rings (SSSR count). The summed E-state index contributed by atoms with van der Waals surface area (Å²) in [5, 5.41) is 6.69. The van der Waals surface area contributed by atoms with Gasteiger partial charge < -0.3 is 15.1 Å². The van der Waals surface area contributed by atoms with Gasteiger partial charge in [-0.3, -0.25) is 9.62 Å². The Kier molecular flexibility index (Phi) is 10.1. The molecule has 1 unspecified atom stereocenters. The number of halogens is 1. The third-order valence-corrected chi connectivity index (χ3v) is 5.57. The molecule has 1 aliphatic heterocycles. The quantitative estimate of drug-likeness (QED) is 0.247. The smallest absolute Gasteiger partial charge is 0.229 e. The number of hydrogen-bond acceptors (Lipinski definition) is 5. The maximum absolute atomic E-state index is 11.6. The highest BCUT2D eigenvalue weighted by Gasteiger charge is 2.25. The zero-order valence-electron chi connectivity index (χ0n) is 18.0. The van der Waals surface area contributed by atoms with Gasteiger partial charge in [-0.05, 0) is 56.6 Å². The van der Waals surface area contributed by atoms with E-state index >= 15 is 0 Å². The number of nitrogens with zero attached hydrogens (tertiary/aromatic N) is 2. The van der Waals surface area contributed by atoms with E-state index in [1.165, 1.54) is 12.8 Å². The lowest BCUT2D eigenvalue weighted by Crippen LogP contribution is -2.42. The van der Waals surface area contributed by atoms with Gasteiger partial charge in [0.25, 0.3) is 0 Å². The lowest BCUT2D eigenvalue weighted by Gasteiger charge is -2.26. The molecule has 1 atom stereocenters. The van der Waals surface area contributed by atoms with Crippen LogP contribution in [0, 0.1) is 0 Å². The largest absolute Gasteiger partial charge is 0.468 e. The number of hydrogen-bond donors (Lipinski definition) is 3. The van der Waals surface area contributed by atoms with E-state index in [4.69, 9.17) is 4.42 Å². The number of likely N-dealkylation sites (tertiary alicyclic amines) is 1. The van der Waals surface area contributed by atoms with Crippen molar-refractivity contribution in [1.29, 1.82) is 0 Å².